The fourth-order valence-electron chi connectivity index (χ4n) is 1.91. The van der Waals surface area contributed by atoms with Crippen LogP contribution in [0, 0.1) is 5.92 Å². The molecule has 0 spiro atoms. The Balaban J connectivity index is 2.53. The minimum Gasteiger partial charge on any atom is -0.324 e. The number of aromatic nitrogens is 3. The van der Waals surface area contributed by atoms with Crippen LogP contribution in [0.4, 0.5) is 0 Å². The summed E-state index contributed by atoms with van der Waals surface area (Å²) in [5.41, 5.74) is 6.83. The van der Waals surface area contributed by atoms with Crippen LogP contribution in [0.25, 0.3) is 5.69 Å². The maximum atomic E-state index is 5.75. The van der Waals surface area contributed by atoms with E-state index >= 15 is 0 Å². The molecule has 0 aliphatic carbocycles. The standard InChI is InChI=1S/C14H20N4/c1-10(2)11(3)14-17-16-13(9-15)18(14)12-7-5-4-6-8-12/h4-8,10-11H,9,15H2,1-3H3. The molecule has 0 radical (unpaired) electrons. The zero-order valence-corrected chi connectivity index (χ0v) is 11.2. The first-order valence-electron chi connectivity index (χ1n) is 6.34. The third-order valence-corrected chi connectivity index (χ3v) is 3.36. The predicted octanol–water partition coefficient (Wildman–Crippen LogP) is 2.49. The van der Waals surface area contributed by atoms with Gasteiger partial charge in [0.05, 0.1) is 6.54 Å². The van der Waals surface area contributed by atoms with E-state index in [0.717, 1.165) is 17.3 Å². The summed E-state index contributed by atoms with van der Waals surface area (Å²) in [6, 6.07) is 10.1. The molecule has 2 N–H and O–H groups in total. The van der Waals surface area contributed by atoms with Crippen LogP contribution in [0.5, 0.6) is 0 Å². The Hall–Kier alpha value is -1.68. The minimum absolute atomic E-state index is 0.345. The molecule has 1 heterocycles. The van der Waals surface area contributed by atoms with Crippen molar-refractivity contribution in [1.29, 1.82) is 0 Å². The first-order valence-corrected chi connectivity index (χ1v) is 6.34. The molecule has 1 aromatic carbocycles. The van der Waals surface area contributed by atoms with Crippen LogP contribution < -0.4 is 5.73 Å². The fraction of sp³-hybridized carbons (Fsp3) is 0.429. The fourth-order valence-corrected chi connectivity index (χ4v) is 1.91. The van der Waals surface area contributed by atoms with Gasteiger partial charge in [-0.25, -0.2) is 0 Å². The first-order chi connectivity index (χ1) is 8.65. The molecule has 1 aromatic heterocycles. The topological polar surface area (TPSA) is 56.7 Å². The third kappa shape index (κ3) is 2.29. The van der Waals surface area contributed by atoms with E-state index in [4.69, 9.17) is 5.73 Å². The number of hydrogen-bond donors (Lipinski definition) is 1. The molecular formula is C14H20N4. The van der Waals surface area contributed by atoms with Gasteiger partial charge in [0.1, 0.15) is 5.82 Å². The van der Waals surface area contributed by atoms with Crippen molar-refractivity contribution in [2.75, 3.05) is 0 Å². The molecule has 96 valence electrons. The second kappa shape index (κ2) is 5.31. The van der Waals surface area contributed by atoms with Crippen molar-refractivity contribution in [2.45, 2.75) is 33.2 Å². The van der Waals surface area contributed by atoms with Gasteiger partial charge >= 0.3 is 0 Å². The molecule has 4 nitrogen and oxygen atoms in total. The van der Waals surface area contributed by atoms with Gasteiger partial charge in [0.15, 0.2) is 5.82 Å². The number of benzene rings is 1. The second-order valence-corrected chi connectivity index (χ2v) is 4.88. The Kier molecular flexibility index (Phi) is 3.77. The van der Waals surface area contributed by atoms with Crippen molar-refractivity contribution in [3.8, 4) is 5.69 Å². The van der Waals surface area contributed by atoms with Crippen LogP contribution >= 0.6 is 0 Å². The second-order valence-electron chi connectivity index (χ2n) is 4.88. The van der Waals surface area contributed by atoms with Gasteiger partial charge in [-0.3, -0.25) is 4.57 Å². The van der Waals surface area contributed by atoms with E-state index in [0.29, 0.717) is 18.4 Å². The Morgan fingerprint density at radius 2 is 1.78 bits per heavy atom. The van der Waals surface area contributed by atoms with Crippen LogP contribution in [-0.2, 0) is 6.54 Å². The third-order valence-electron chi connectivity index (χ3n) is 3.36. The van der Waals surface area contributed by atoms with Crippen molar-refractivity contribution in [2.24, 2.45) is 11.7 Å². The molecule has 4 heteroatoms. The highest BCUT2D eigenvalue weighted by molar-refractivity contribution is 5.34. The van der Waals surface area contributed by atoms with Crippen molar-refractivity contribution in [1.82, 2.24) is 14.8 Å². The highest BCUT2D eigenvalue weighted by Gasteiger charge is 2.20. The van der Waals surface area contributed by atoms with Crippen molar-refractivity contribution in [3.05, 3.63) is 42.0 Å². The van der Waals surface area contributed by atoms with Crippen molar-refractivity contribution in [3.63, 3.8) is 0 Å². The molecule has 0 fully saturated rings. The van der Waals surface area contributed by atoms with E-state index in [9.17, 15) is 0 Å². The Morgan fingerprint density at radius 3 is 2.33 bits per heavy atom. The molecule has 2 aromatic rings. The van der Waals surface area contributed by atoms with Gasteiger partial charge in [-0.15, -0.1) is 10.2 Å². The number of nitrogens with zero attached hydrogens (tertiary/aromatic N) is 3. The summed E-state index contributed by atoms with van der Waals surface area (Å²) in [5.74, 6) is 2.65. The maximum Gasteiger partial charge on any atom is 0.151 e. The highest BCUT2D eigenvalue weighted by atomic mass is 15.3. The molecule has 0 saturated carbocycles. The van der Waals surface area contributed by atoms with Crippen LogP contribution in [0.1, 0.15) is 38.3 Å². The van der Waals surface area contributed by atoms with Crippen LogP contribution in [0.3, 0.4) is 0 Å². The van der Waals surface area contributed by atoms with Gasteiger partial charge in [0.25, 0.3) is 0 Å². The molecule has 0 bridgehead atoms. The van der Waals surface area contributed by atoms with E-state index in [1.165, 1.54) is 0 Å². The number of para-hydroxylation sites is 1. The average Bonchev–Trinajstić information content (AvgIpc) is 2.82. The van der Waals surface area contributed by atoms with E-state index in [1.807, 2.05) is 18.2 Å². The summed E-state index contributed by atoms with van der Waals surface area (Å²) in [4.78, 5) is 0. The Morgan fingerprint density at radius 1 is 1.11 bits per heavy atom. The minimum atomic E-state index is 0.345. The molecule has 1 atom stereocenters. The highest BCUT2D eigenvalue weighted by Crippen LogP contribution is 2.25. The number of hydrogen-bond acceptors (Lipinski definition) is 3. The Bertz CT molecular complexity index is 502. The lowest BCUT2D eigenvalue weighted by atomic mass is 9.97. The summed E-state index contributed by atoms with van der Waals surface area (Å²) < 4.78 is 2.07. The molecule has 1 unspecified atom stereocenters. The lowest BCUT2D eigenvalue weighted by molar-refractivity contribution is 0.502. The number of nitrogens with two attached hydrogens (primary N) is 1. The zero-order valence-electron chi connectivity index (χ0n) is 11.2. The zero-order chi connectivity index (χ0) is 13.1. The van der Waals surface area contributed by atoms with E-state index in [-0.39, 0.29) is 0 Å². The molecule has 0 aliphatic heterocycles. The lowest BCUT2D eigenvalue weighted by Crippen LogP contribution is -2.13. The normalized spacial score (nSPS) is 12.9. The summed E-state index contributed by atoms with van der Waals surface area (Å²) >= 11 is 0. The lowest BCUT2D eigenvalue weighted by Gasteiger charge is -2.17. The van der Waals surface area contributed by atoms with Gasteiger partial charge in [-0.05, 0) is 18.1 Å². The van der Waals surface area contributed by atoms with Gasteiger partial charge in [0, 0.05) is 11.6 Å². The van der Waals surface area contributed by atoms with Crippen LogP contribution in [-0.4, -0.2) is 14.8 Å². The maximum absolute atomic E-state index is 5.75. The first kappa shape index (κ1) is 12.8. The summed E-state index contributed by atoms with van der Waals surface area (Å²) in [6.07, 6.45) is 0. The van der Waals surface area contributed by atoms with E-state index in [1.54, 1.807) is 0 Å². The molecular weight excluding hydrogens is 224 g/mol. The summed E-state index contributed by atoms with van der Waals surface area (Å²) in [6.45, 7) is 6.95. The molecule has 0 amide bonds. The van der Waals surface area contributed by atoms with Gasteiger partial charge in [0.2, 0.25) is 0 Å². The monoisotopic (exact) mass is 244 g/mol. The van der Waals surface area contributed by atoms with Gasteiger partial charge in [-0.2, -0.15) is 0 Å². The quantitative estimate of drug-likeness (QED) is 0.899. The smallest absolute Gasteiger partial charge is 0.151 e. The van der Waals surface area contributed by atoms with Crippen molar-refractivity contribution < 1.29 is 0 Å². The summed E-state index contributed by atoms with van der Waals surface area (Å²) in [5, 5.41) is 8.52. The molecule has 0 saturated heterocycles. The SMILES string of the molecule is CC(C)C(C)c1nnc(CN)n1-c1ccccc1. The Labute approximate surface area is 108 Å². The average molecular weight is 244 g/mol. The van der Waals surface area contributed by atoms with Crippen LogP contribution in [0.15, 0.2) is 30.3 Å². The number of rotatable bonds is 4. The van der Waals surface area contributed by atoms with Gasteiger partial charge in [-0.1, -0.05) is 39.0 Å². The van der Waals surface area contributed by atoms with E-state index in [2.05, 4.69) is 47.7 Å². The van der Waals surface area contributed by atoms with Crippen LogP contribution in [0.2, 0.25) is 0 Å². The molecule has 0 aliphatic rings. The molecule has 2 rings (SSSR count). The predicted molar refractivity (Wildman–Crippen MR) is 72.5 cm³/mol. The molecule has 18 heavy (non-hydrogen) atoms. The van der Waals surface area contributed by atoms with Crippen molar-refractivity contribution >= 4 is 0 Å². The summed E-state index contributed by atoms with van der Waals surface area (Å²) in [7, 11) is 0. The van der Waals surface area contributed by atoms with Gasteiger partial charge < -0.3 is 5.73 Å². The van der Waals surface area contributed by atoms with E-state index < -0.39 is 0 Å². The largest absolute Gasteiger partial charge is 0.324 e.